The Morgan fingerprint density at radius 1 is 0.750 bits per heavy atom. The molecule has 0 aliphatic carbocycles. The lowest BCUT2D eigenvalue weighted by Gasteiger charge is -2.12. The fourth-order valence-corrected chi connectivity index (χ4v) is 4.00. The molecule has 0 bridgehead atoms. The number of halogens is 6. The third-order valence-electron chi connectivity index (χ3n) is 5.76. The molecule has 0 amide bonds. The van der Waals surface area contributed by atoms with Gasteiger partial charge in [0.05, 0.1) is 6.61 Å². The average Bonchev–Trinajstić information content (AvgIpc) is 2.82. The molecule has 0 heterocycles. The van der Waals surface area contributed by atoms with Gasteiger partial charge in [-0.3, -0.25) is 0 Å². The summed E-state index contributed by atoms with van der Waals surface area (Å²) in [5, 5.41) is 0.973. The summed E-state index contributed by atoms with van der Waals surface area (Å²) >= 11 is 0. The van der Waals surface area contributed by atoms with E-state index in [4.69, 9.17) is 4.74 Å². The summed E-state index contributed by atoms with van der Waals surface area (Å²) in [6.45, 7) is -1.29. The first-order chi connectivity index (χ1) is 17.1. The predicted molar refractivity (Wildman–Crippen MR) is 125 cm³/mol. The molecule has 2 nitrogen and oxygen atoms in total. The SMILES string of the molecule is COCc1ccc(-c2ccc3c(F)c(CCc4ccc(OCC(F)(F)F)c(F)c4)ccc3c2)c(F)c1. The number of alkyl halides is 3. The number of rotatable bonds is 8. The van der Waals surface area contributed by atoms with Crippen LogP contribution in [0.4, 0.5) is 26.3 Å². The Kier molecular flexibility index (Phi) is 7.54. The zero-order valence-electron chi connectivity index (χ0n) is 19.3. The largest absolute Gasteiger partial charge is 0.481 e. The molecule has 0 spiro atoms. The van der Waals surface area contributed by atoms with Crippen molar-refractivity contribution >= 4 is 10.8 Å². The molecule has 4 aromatic carbocycles. The number of hydrogen-bond acceptors (Lipinski definition) is 2. The highest BCUT2D eigenvalue weighted by Crippen LogP contribution is 2.30. The molecule has 8 heteroatoms. The van der Waals surface area contributed by atoms with Crippen LogP contribution < -0.4 is 4.74 Å². The second-order valence-corrected chi connectivity index (χ2v) is 8.39. The van der Waals surface area contributed by atoms with Gasteiger partial charge in [-0.1, -0.05) is 42.5 Å². The molecule has 188 valence electrons. The van der Waals surface area contributed by atoms with Crippen LogP contribution in [-0.4, -0.2) is 19.9 Å². The second-order valence-electron chi connectivity index (χ2n) is 8.39. The summed E-state index contributed by atoms with van der Waals surface area (Å²) in [7, 11) is 1.53. The van der Waals surface area contributed by atoms with Crippen LogP contribution in [0, 0.1) is 17.5 Å². The molecule has 4 rings (SSSR count). The fraction of sp³-hybridized carbons (Fsp3) is 0.214. The molecule has 0 aliphatic rings. The van der Waals surface area contributed by atoms with Crippen molar-refractivity contribution in [2.24, 2.45) is 0 Å². The van der Waals surface area contributed by atoms with Gasteiger partial charge in [-0.15, -0.1) is 0 Å². The first-order valence-corrected chi connectivity index (χ1v) is 11.1. The summed E-state index contributed by atoms with van der Waals surface area (Å²) in [4.78, 5) is 0. The lowest BCUT2D eigenvalue weighted by molar-refractivity contribution is -0.153. The molecule has 0 aromatic heterocycles. The van der Waals surface area contributed by atoms with Crippen LogP contribution >= 0.6 is 0 Å². The van der Waals surface area contributed by atoms with Gasteiger partial charge in [-0.05, 0) is 64.7 Å². The van der Waals surface area contributed by atoms with Crippen LogP contribution in [0.2, 0.25) is 0 Å². The third kappa shape index (κ3) is 5.99. The minimum Gasteiger partial charge on any atom is -0.481 e. The van der Waals surface area contributed by atoms with Crippen molar-refractivity contribution in [2.75, 3.05) is 13.7 Å². The van der Waals surface area contributed by atoms with E-state index < -0.39 is 36.0 Å². The monoisotopic (exact) mass is 504 g/mol. The standard InChI is InChI=1S/C28H22F6O2/c1-35-15-18-3-9-22(24(29)13-18)20-8-10-23-21(14-20)7-6-19(27(23)31)5-2-17-4-11-26(25(30)12-17)36-16-28(32,33)34/h3-4,6-14H,2,5,15-16H2,1H3. The maximum absolute atomic E-state index is 15.2. The Labute approximate surface area is 204 Å². The number of fused-ring (bicyclic) bond motifs is 1. The molecule has 0 saturated heterocycles. The van der Waals surface area contributed by atoms with Crippen LogP contribution in [0.1, 0.15) is 16.7 Å². The number of aryl methyl sites for hydroxylation is 2. The maximum atomic E-state index is 15.2. The van der Waals surface area contributed by atoms with Crippen molar-refractivity contribution in [3.05, 3.63) is 101 Å². The maximum Gasteiger partial charge on any atom is 0.422 e. The van der Waals surface area contributed by atoms with E-state index in [2.05, 4.69) is 4.74 Å². The van der Waals surface area contributed by atoms with Crippen LogP contribution in [0.15, 0.2) is 66.7 Å². The Balaban J connectivity index is 1.49. The zero-order chi connectivity index (χ0) is 25.9. The van der Waals surface area contributed by atoms with Crippen molar-refractivity contribution in [1.82, 2.24) is 0 Å². The summed E-state index contributed by atoms with van der Waals surface area (Å²) in [5.74, 6) is -2.23. The van der Waals surface area contributed by atoms with E-state index in [1.54, 1.807) is 42.5 Å². The van der Waals surface area contributed by atoms with Gasteiger partial charge in [0.1, 0.15) is 11.6 Å². The van der Waals surface area contributed by atoms with Gasteiger partial charge in [0, 0.05) is 18.1 Å². The molecular weight excluding hydrogens is 482 g/mol. The number of hydrogen-bond donors (Lipinski definition) is 0. The highest BCUT2D eigenvalue weighted by atomic mass is 19.4. The number of benzene rings is 4. The lowest BCUT2D eigenvalue weighted by atomic mass is 9.96. The van der Waals surface area contributed by atoms with Crippen molar-refractivity contribution in [2.45, 2.75) is 25.6 Å². The Bertz CT molecular complexity index is 1380. The van der Waals surface area contributed by atoms with Gasteiger partial charge in [0.15, 0.2) is 18.2 Å². The molecule has 0 saturated carbocycles. The van der Waals surface area contributed by atoms with E-state index in [-0.39, 0.29) is 12.8 Å². The van der Waals surface area contributed by atoms with Crippen LogP contribution in [0.3, 0.4) is 0 Å². The van der Waals surface area contributed by atoms with Gasteiger partial charge >= 0.3 is 6.18 Å². The molecule has 0 N–H and O–H groups in total. The van der Waals surface area contributed by atoms with Gasteiger partial charge in [-0.2, -0.15) is 13.2 Å². The van der Waals surface area contributed by atoms with Gasteiger partial charge in [-0.25, -0.2) is 13.2 Å². The second kappa shape index (κ2) is 10.6. The van der Waals surface area contributed by atoms with E-state index >= 15 is 4.39 Å². The normalized spacial score (nSPS) is 11.8. The molecule has 36 heavy (non-hydrogen) atoms. The smallest absolute Gasteiger partial charge is 0.422 e. The summed E-state index contributed by atoms with van der Waals surface area (Å²) < 4.78 is 90.2. The molecule has 0 unspecified atom stereocenters. The summed E-state index contributed by atoms with van der Waals surface area (Å²) in [6, 6.07) is 16.8. The summed E-state index contributed by atoms with van der Waals surface area (Å²) in [5.41, 5.74) is 2.61. The summed E-state index contributed by atoms with van der Waals surface area (Å²) in [6.07, 6.45) is -4.04. The molecule has 0 fully saturated rings. The molecule has 0 atom stereocenters. The quantitative estimate of drug-likeness (QED) is 0.228. The fourth-order valence-electron chi connectivity index (χ4n) is 4.00. The molecule has 0 radical (unpaired) electrons. The first-order valence-electron chi connectivity index (χ1n) is 11.1. The van der Waals surface area contributed by atoms with E-state index in [0.29, 0.717) is 45.2 Å². The van der Waals surface area contributed by atoms with Gasteiger partial charge in [0.25, 0.3) is 0 Å². The minimum atomic E-state index is -4.57. The van der Waals surface area contributed by atoms with E-state index in [1.807, 2.05) is 0 Å². The topological polar surface area (TPSA) is 18.5 Å². The average molecular weight is 504 g/mol. The van der Waals surface area contributed by atoms with Crippen molar-refractivity contribution < 1.29 is 35.8 Å². The van der Waals surface area contributed by atoms with Gasteiger partial charge < -0.3 is 9.47 Å². The number of methoxy groups -OCH3 is 1. The van der Waals surface area contributed by atoms with Crippen LogP contribution in [0.25, 0.3) is 21.9 Å². The predicted octanol–water partition coefficient (Wildman–Crippen LogP) is 7.80. The number of ether oxygens (including phenoxy) is 2. The highest BCUT2D eigenvalue weighted by molar-refractivity contribution is 5.88. The van der Waals surface area contributed by atoms with E-state index in [9.17, 15) is 22.0 Å². The Hall–Kier alpha value is -3.52. The minimum absolute atomic E-state index is 0.251. The van der Waals surface area contributed by atoms with Crippen LogP contribution in [-0.2, 0) is 24.2 Å². The van der Waals surface area contributed by atoms with Crippen molar-refractivity contribution in [3.63, 3.8) is 0 Å². The van der Waals surface area contributed by atoms with Crippen molar-refractivity contribution in [3.8, 4) is 16.9 Å². The third-order valence-corrected chi connectivity index (χ3v) is 5.76. The molecule has 0 aliphatic heterocycles. The van der Waals surface area contributed by atoms with Crippen molar-refractivity contribution in [1.29, 1.82) is 0 Å². The molecular formula is C28H22F6O2. The zero-order valence-corrected chi connectivity index (χ0v) is 19.3. The highest BCUT2D eigenvalue weighted by Gasteiger charge is 2.29. The lowest BCUT2D eigenvalue weighted by Crippen LogP contribution is -2.19. The molecule has 4 aromatic rings. The first kappa shape index (κ1) is 25.6. The Morgan fingerprint density at radius 3 is 2.19 bits per heavy atom. The van der Waals surface area contributed by atoms with Crippen LogP contribution in [0.5, 0.6) is 5.75 Å². The van der Waals surface area contributed by atoms with Gasteiger partial charge in [0.2, 0.25) is 0 Å². The Morgan fingerprint density at radius 2 is 1.50 bits per heavy atom. The van der Waals surface area contributed by atoms with E-state index in [0.717, 1.165) is 12.1 Å². The van der Waals surface area contributed by atoms with E-state index in [1.165, 1.54) is 19.2 Å².